The Morgan fingerprint density at radius 1 is 1.22 bits per heavy atom. The van der Waals surface area contributed by atoms with E-state index in [0.29, 0.717) is 16.8 Å². The second-order valence-electron chi connectivity index (χ2n) is 5.10. The molecule has 3 aromatic heterocycles. The molecule has 0 unspecified atom stereocenters. The van der Waals surface area contributed by atoms with E-state index in [-0.39, 0.29) is 11.5 Å². The number of fused-ring (bicyclic) bond motifs is 2. The lowest BCUT2D eigenvalue weighted by Crippen LogP contribution is -2.03. The summed E-state index contributed by atoms with van der Waals surface area (Å²) in [6.07, 6.45) is 3.25. The van der Waals surface area contributed by atoms with E-state index in [4.69, 9.17) is 5.73 Å². The predicted octanol–water partition coefficient (Wildman–Crippen LogP) is 2.22. The molecule has 112 valence electrons. The molecule has 0 aliphatic rings. The van der Waals surface area contributed by atoms with Gasteiger partial charge in [0.1, 0.15) is 0 Å². The van der Waals surface area contributed by atoms with Crippen molar-refractivity contribution in [2.24, 2.45) is 0 Å². The van der Waals surface area contributed by atoms with Gasteiger partial charge in [-0.05, 0) is 18.2 Å². The Morgan fingerprint density at radius 2 is 2.04 bits per heavy atom. The number of aromatic carboxylic acids is 1. The second kappa shape index (κ2) is 4.77. The van der Waals surface area contributed by atoms with Crippen LogP contribution in [0.4, 0.5) is 5.95 Å². The van der Waals surface area contributed by atoms with Crippen molar-refractivity contribution >= 4 is 28.5 Å². The van der Waals surface area contributed by atoms with Crippen molar-refractivity contribution < 1.29 is 9.90 Å². The van der Waals surface area contributed by atoms with Gasteiger partial charge in [-0.3, -0.25) is 4.98 Å². The van der Waals surface area contributed by atoms with E-state index in [1.54, 1.807) is 12.4 Å². The number of benzene rings is 1. The van der Waals surface area contributed by atoms with Crippen molar-refractivity contribution in [2.45, 2.75) is 0 Å². The van der Waals surface area contributed by atoms with Gasteiger partial charge in [-0.15, -0.1) is 5.10 Å². The van der Waals surface area contributed by atoms with Crippen molar-refractivity contribution in [1.82, 2.24) is 19.6 Å². The van der Waals surface area contributed by atoms with Crippen LogP contribution in [0, 0.1) is 0 Å². The number of nitrogen functional groups attached to an aromatic ring is 1. The molecule has 23 heavy (non-hydrogen) atoms. The van der Waals surface area contributed by atoms with Crippen LogP contribution in [-0.4, -0.2) is 30.7 Å². The number of carboxylic acids is 1. The summed E-state index contributed by atoms with van der Waals surface area (Å²) < 4.78 is 1.46. The Hall–Kier alpha value is -3.48. The average Bonchev–Trinajstić information content (AvgIpc) is 2.92. The lowest BCUT2D eigenvalue weighted by molar-refractivity contribution is 0.0697. The molecule has 0 fully saturated rings. The highest BCUT2D eigenvalue weighted by atomic mass is 16.4. The molecule has 0 bridgehead atoms. The Bertz CT molecular complexity index is 1070. The van der Waals surface area contributed by atoms with Crippen molar-refractivity contribution in [2.75, 3.05) is 5.73 Å². The minimum atomic E-state index is -1.04. The van der Waals surface area contributed by atoms with Crippen LogP contribution in [0.1, 0.15) is 10.4 Å². The smallest absolute Gasteiger partial charge is 0.336 e. The third kappa shape index (κ3) is 2.15. The number of hydrogen-bond acceptors (Lipinski definition) is 5. The van der Waals surface area contributed by atoms with Crippen LogP contribution in [0.25, 0.3) is 27.7 Å². The molecule has 0 spiro atoms. The molecule has 0 saturated carbocycles. The van der Waals surface area contributed by atoms with Crippen LogP contribution in [0.2, 0.25) is 0 Å². The molecule has 0 radical (unpaired) electrons. The zero-order chi connectivity index (χ0) is 16.0. The molecule has 1 aromatic carbocycles. The molecular weight excluding hydrogens is 294 g/mol. The first-order valence-electron chi connectivity index (χ1n) is 6.86. The van der Waals surface area contributed by atoms with Crippen LogP contribution in [0.5, 0.6) is 0 Å². The van der Waals surface area contributed by atoms with Crippen molar-refractivity contribution in [1.29, 1.82) is 0 Å². The maximum atomic E-state index is 11.6. The third-order valence-corrected chi connectivity index (χ3v) is 3.62. The fourth-order valence-corrected chi connectivity index (χ4v) is 2.57. The average molecular weight is 305 g/mol. The number of nitrogens with zero attached hydrogens (tertiary/aromatic N) is 4. The van der Waals surface area contributed by atoms with Crippen LogP contribution < -0.4 is 5.73 Å². The number of carboxylic acid groups (broad SMARTS) is 1. The number of rotatable bonds is 2. The normalized spacial score (nSPS) is 11.1. The van der Waals surface area contributed by atoms with E-state index in [0.717, 1.165) is 10.9 Å². The Morgan fingerprint density at radius 3 is 2.87 bits per heavy atom. The summed E-state index contributed by atoms with van der Waals surface area (Å²) in [5.41, 5.74) is 8.14. The molecule has 0 aliphatic heterocycles. The third-order valence-electron chi connectivity index (χ3n) is 3.62. The fraction of sp³-hybridized carbons (Fsp3) is 0. The molecule has 4 aromatic rings. The Balaban J connectivity index is 2.01. The molecule has 0 saturated heterocycles. The molecular formula is C16H11N5O2. The number of pyridine rings is 2. The molecule has 0 amide bonds. The van der Waals surface area contributed by atoms with Crippen molar-refractivity contribution in [3.05, 3.63) is 54.4 Å². The summed E-state index contributed by atoms with van der Waals surface area (Å²) in [6, 6.07) is 11.0. The SMILES string of the molecule is Nc1nc2cc(C(=O)O)c(-c3cnc4ccccc4c3)cn2n1. The standard InChI is InChI=1S/C16H11N5O2/c17-16-19-14-6-11(15(22)23)12(8-21(14)20-16)10-5-9-3-1-2-4-13(9)18-7-10/h1-8H,(H2,17,20)(H,22,23). The van der Waals surface area contributed by atoms with Crippen molar-refractivity contribution in [3.63, 3.8) is 0 Å². The zero-order valence-electron chi connectivity index (χ0n) is 11.8. The predicted molar refractivity (Wildman–Crippen MR) is 85.1 cm³/mol. The van der Waals surface area contributed by atoms with Crippen LogP contribution in [0.15, 0.2) is 48.8 Å². The van der Waals surface area contributed by atoms with E-state index < -0.39 is 5.97 Å². The van der Waals surface area contributed by atoms with E-state index in [9.17, 15) is 9.90 Å². The summed E-state index contributed by atoms with van der Waals surface area (Å²) >= 11 is 0. The number of aromatic nitrogens is 4. The van der Waals surface area contributed by atoms with Gasteiger partial charge in [0.05, 0.1) is 11.1 Å². The van der Waals surface area contributed by atoms with Crippen LogP contribution in [-0.2, 0) is 0 Å². The molecule has 3 heterocycles. The van der Waals surface area contributed by atoms with Crippen molar-refractivity contribution in [3.8, 4) is 11.1 Å². The highest BCUT2D eigenvalue weighted by Gasteiger charge is 2.16. The van der Waals surface area contributed by atoms with Gasteiger partial charge < -0.3 is 10.8 Å². The highest BCUT2D eigenvalue weighted by Crippen LogP contribution is 2.27. The van der Waals surface area contributed by atoms with Gasteiger partial charge in [-0.2, -0.15) is 4.98 Å². The summed E-state index contributed by atoms with van der Waals surface area (Å²) in [5.74, 6) is -0.952. The van der Waals surface area contributed by atoms with E-state index in [1.807, 2.05) is 30.3 Å². The van der Waals surface area contributed by atoms with Gasteiger partial charge in [0.25, 0.3) is 0 Å². The molecule has 0 aliphatic carbocycles. The quantitative estimate of drug-likeness (QED) is 0.588. The Labute approximate surface area is 130 Å². The van der Waals surface area contributed by atoms with Gasteiger partial charge in [-0.1, -0.05) is 18.2 Å². The summed E-state index contributed by atoms with van der Waals surface area (Å²) in [5, 5.41) is 14.5. The topological polar surface area (TPSA) is 106 Å². The maximum absolute atomic E-state index is 11.6. The number of anilines is 1. The number of nitrogens with two attached hydrogens (primary N) is 1. The highest BCUT2D eigenvalue weighted by molar-refractivity contribution is 5.98. The van der Waals surface area contributed by atoms with Gasteiger partial charge in [0.2, 0.25) is 5.95 Å². The fourth-order valence-electron chi connectivity index (χ4n) is 2.57. The molecule has 3 N–H and O–H groups in total. The molecule has 0 atom stereocenters. The zero-order valence-corrected chi connectivity index (χ0v) is 11.8. The lowest BCUT2D eigenvalue weighted by atomic mass is 10.0. The summed E-state index contributed by atoms with van der Waals surface area (Å²) in [7, 11) is 0. The largest absolute Gasteiger partial charge is 0.478 e. The van der Waals surface area contributed by atoms with E-state index >= 15 is 0 Å². The number of carbonyl (C=O) groups is 1. The number of hydrogen-bond donors (Lipinski definition) is 2. The van der Waals surface area contributed by atoms with Crippen LogP contribution >= 0.6 is 0 Å². The van der Waals surface area contributed by atoms with Crippen LogP contribution in [0.3, 0.4) is 0 Å². The maximum Gasteiger partial charge on any atom is 0.336 e. The van der Waals surface area contributed by atoms with E-state index in [2.05, 4.69) is 15.1 Å². The number of para-hydroxylation sites is 1. The monoisotopic (exact) mass is 305 g/mol. The van der Waals surface area contributed by atoms with Gasteiger partial charge >= 0.3 is 5.97 Å². The van der Waals surface area contributed by atoms with Gasteiger partial charge in [0.15, 0.2) is 5.65 Å². The molecule has 7 nitrogen and oxygen atoms in total. The summed E-state index contributed by atoms with van der Waals surface area (Å²) in [4.78, 5) is 20.0. The second-order valence-corrected chi connectivity index (χ2v) is 5.10. The lowest BCUT2D eigenvalue weighted by Gasteiger charge is -2.08. The minimum absolute atomic E-state index is 0.0927. The molecule has 4 rings (SSSR count). The first-order valence-corrected chi connectivity index (χ1v) is 6.86. The first-order chi connectivity index (χ1) is 11.1. The summed E-state index contributed by atoms with van der Waals surface area (Å²) in [6.45, 7) is 0. The van der Waals surface area contributed by atoms with Gasteiger partial charge in [0, 0.05) is 28.9 Å². The molecule has 7 heteroatoms. The van der Waals surface area contributed by atoms with Gasteiger partial charge in [-0.25, -0.2) is 9.31 Å². The minimum Gasteiger partial charge on any atom is -0.478 e. The first kappa shape index (κ1) is 13.2. The van der Waals surface area contributed by atoms with E-state index in [1.165, 1.54) is 10.6 Å². The Kier molecular flexibility index (Phi) is 2.74.